The van der Waals surface area contributed by atoms with Crippen molar-refractivity contribution in [1.82, 2.24) is 34.6 Å². The van der Waals surface area contributed by atoms with Gasteiger partial charge in [0.05, 0.1) is 35.9 Å². The van der Waals surface area contributed by atoms with Crippen molar-refractivity contribution in [2.24, 2.45) is 5.14 Å². The monoisotopic (exact) mass is 1020 g/mol. The SMILES string of the molecule is Cc1c(-c2cncc(S(=O)(=O)NC(C)(C)C)c2)nc(NCc2ccccn2)c2c(-c3ccccc3)cccc12.Cc1c(-c2cncc(S(N)(=O)=O)c2)nc(NCc2ccccn2)c2c(-c3ccccc3)cccc12. The number of primary sulfonamides is 1. The van der Waals surface area contributed by atoms with Crippen molar-refractivity contribution >= 4 is 53.2 Å². The molecule has 0 bridgehead atoms. The molecule has 0 aliphatic heterocycles. The van der Waals surface area contributed by atoms with Gasteiger partial charge < -0.3 is 10.6 Å². The Bertz CT molecular complexity index is 3860. The Labute approximate surface area is 431 Å². The number of pyridine rings is 6. The predicted molar refractivity (Wildman–Crippen MR) is 295 cm³/mol. The number of fused-ring (bicyclic) bond motifs is 2. The molecule has 0 radical (unpaired) electrons. The molecule has 6 heterocycles. The fourth-order valence-electron chi connectivity index (χ4n) is 8.75. The second-order valence-electron chi connectivity index (χ2n) is 18.6. The first-order valence-electron chi connectivity index (χ1n) is 23.8. The maximum atomic E-state index is 13.1. The summed E-state index contributed by atoms with van der Waals surface area (Å²) in [4.78, 5) is 27.3. The van der Waals surface area contributed by atoms with E-state index in [1.807, 2.05) is 105 Å². The summed E-state index contributed by atoms with van der Waals surface area (Å²) in [6, 6.07) is 47.4. The van der Waals surface area contributed by atoms with Crippen molar-refractivity contribution in [2.75, 3.05) is 10.6 Å². The molecule has 0 aliphatic rings. The average Bonchev–Trinajstić information content (AvgIpc) is 3.41. The zero-order valence-electron chi connectivity index (χ0n) is 41.4. The highest BCUT2D eigenvalue weighted by atomic mass is 32.2. The third-order valence-corrected chi connectivity index (χ3v) is 14.7. The van der Waals surface area contributed by atoms with E-state index in [1.54, 1.807) is 51.6 Å². The van der Waals surface area contributed by atoms with Crippen LogP contribution in [0.15, 0.2) is 193 Å². The number of aryl methyl sites for hydroxylation is 2. The number of sulfonamides is 2. The summed E-state index contributed by atoms with van der Waals surface area (Å²) in [5.41, 5.74) is 9.73. The molecular formula is C58H54N10O4S2. The molecule has 74 heavy (non-hydrogen) atoms. The molecule has 0 spiro atoms. The van der Waals surface area contributed by atoms with Crippen LogP contribution in [0.4, 0.5) is 11.6 Å². The highest BCUT2D eigenvalue weighted by Gasteiger charge is 2.25. The molecule has 4 aromatic carbocycles. The van der Waals surface area contributed by atoms with E-state index >= 15 is 0 Å². The van der Waals surface area contributed by atoms with Crippen LogP contribution in [0, 0.1) is 13.8 Å². The molecule has 372 valence electrons. The fourth-order valence-corrected chi connectivity index (χ4v) is 10.7. The zero-order chi connectivity index (χ0) is 52.0. The van der Waals surface area contributed by atoms with Crippen LogP contribution in [-0.4, -0.2) is 52.3 Å². The van der Waals surface area contributed by atoms with Crippen LogP contribution in [0.25, 0.3) is 66.3 Å². The number of hydrogen-bond acceptors (Lipinski definition) is 12. The fraction of sp³-hybridized carbons (Fsp3) is 0.138. The molecule has 0 saturated carbocycles. The van der Waals surface area contributed by atoms with Gasteiger partial charge in [0, 0.05) is 64.6 Å². The Balaban J connectivity index is 0.000000183. The van der Waals surface area contributed by atoms with Crippen LogP contribution in [0.2, 0.25) is 0 Å². The van der Waals surface area contributed by atoms with E-state index in [9.17, 15) is 16.8 Å². The molecule has 0 fully saturated rings. The van der Waals surface area contributed by atoms with Crippen LogP contribution in [0.3, 0.4) is 0 Å². The van der Waals surface area contributed by atoms with Crippen LogP contribution in [0.1, 0.15) is 43.3 Å². The van der Waals surface area contributed by atoms with Gasteiger partial charge >= 0.3 is 0 Å². The lowest BCUT2D eigenvalue weighted by atomic mass is 9.94. The molecule has 16 heteroatoms. The normalized spacial score (nSPS) is 11.8. The van der Waals surface area contributed by atoms with E-state index in [0.717, 1.165) is 66.3 Å². The summed E-state index contributed by atoms with van der Waals surface area (Å²) in [6.07, 6.45) is 9.37. The van der Waals surface area contributed by atoms with Crippen LogP contribution >= 0.6 is 0 Å². The van der Waals surface area contributed by atoms with Gasteiger partial charge in [-0.1, -0.05) is 109 Å². The molecule has 0 unspecified atom stereocenters. The molecule has 14 nitrogen and oxygen atoms in total. The molecule has 10 rings (SSSR count). The smallest absolute Gasteiger partial charge is 0.242 e. The number of hydrogen-bond donors (Lipinski definition) is 4. The number of aromatic nitrogens is 6. The Kier molecular flexibility index (Phi) is 14.7. The maximum absolute atomic E-state index is 13.1. The Morgan fingerprint density at radius 2 is 0.932 bits per heavy atom. The Morgan fingerprint density at radius 3 is 1.35 bits per heavy atom. The second kappa shape index (κ2) is 21.4. The largest absolute Gasteiger partial charge is 0.364 e. The number of anilines is 2. The number of nitrogens with two attached hydrogens (primary N) is 1. The third-order valence-electron chi connectivity index (χ3n) is 12.1. The van der Waals surface area contributed by atoms with Crippen molar-refractivity contribution < 1.29 is 16.8 Å². The first-order chi connectivity index (χ1) is 35.5. The summed E-state index contributed by atoms with van der Waals surface area (Å²) in [6.45, 7) is 10.4. The van der Waals surface area contributed by atoms with E-state index in [1.165, 1.54) is 18.5 Å². The highest BCUT2D eigenvalue weighted by molar-refractivity contribution is 7.89. The lowest BCUT2D eigenvalue weighted by Crippen LogP contribution is -2.40. The summed E-state index contributed by atoms with van der Waals surface area (Å²) in [5, 5.41) is 16.3. The van der Waals surface area contributed by atoms with Crippen molar-refractivity contribution in [3.63, 3.8) is 0 Å². The Morgan fingerprint density at radius 1 is 0.500 bits per heavy atom. The summed E-state index contributed by atoms with van der Waals surface area (Å²) in [7, 11) is -7.67. The first-order valence-corrected chi connectivity index (χ1v) is 26.8. The van der Waals surface area contributed by atoms with E-state index in [-0.39, 0.29) is 9.79 Å². The van der Waals surface area contributed by atoms with Gasteiger partial charge in [0.2, 0.25) is 20.0 Å². The van der Waals surface area contributed by atoms with E-state index in [0.29, 0.717) is 47.2 Å². The Hall–Kier alpha value is -8.28. The first kappa shape index (κ1) is 50.7. The molecule has 10 aromatic rings. The van der Waals surface area contributed by atoms with E-state index in [2.05, 4.69) is 77.8 Å². The maximum Gasteiger partial charge on any atom is 0.242 e. The number of nitrogens with zero attached hydrogens (tertiary/aromatic N) is 6. The van der Waals surface area contributed by atoms with Gasteiger partial charge in [0.25, 0.3) is 0 Å². The van der Waals surface area contributed by atoms with Crippen molar-refractivity contribution in [3.8, 4) is 44.8 Å². The molecule has 0 aliphatic carbocycles. The topological polar surface area (TPSA) is 208 Å². The average molecular weight is 1020 g/mol. The van der Waals surface area contributed by atoms with Crippen LogP contribution in [-0.2, 0) is 33.1 Å². The van der Waals surface area contributed by atoms with Gasteiger partial charge in [0.1, 0.15) is 21.4 Å². The van der Waals surface area contributed by atoms with Gasteiger partial charge in [-0.25, -0.2) is 36.7 Å². The van der Waals surface area contributed by atoms with Crippen molar-refractivity contribution in [1.29, 1.82) is 0 Å². The lowest BCUT2D eigenvalue weighted by molar-refractivity contribution is 0.491. The van der Waals surface area contributed by atoms with Crippen LogP contribution in [0.5, 0.6) is 0 Å². The minimum atomic E-state index is -3.90. The number of benzene rings is 4. The van der Waals surface area contributed by atoms with E-state index < -0.39 is 25.6 Å². The summed E-state index contributed by atoms with van der Waals surface area (Å²) in [5.74, 6) is 1.36. The quantitative estimate of drug-likeness (QED) is 0.0851. The van der Waals surface area contributed by atoms with Gasteiger partial charge in [-0.3, -0.25) is 19.9 Å². The third kappa shape index (κ3) is 11.5. The highest BCUT2D eigenvalue weighted by Crippen LogP contribution is 2.40. The summed E-state index contributed by atoms with van der Waals surface area (Å²) >= 11 is 0. The molecule has 6 aromatic heterocycles. The molecular weight excluding hydrogens is 965 g/mol. The second-order valence-corrected chi connectivity index (χ2v) is 21.9. The standard InChI is InChI=1S/C31H31N5O2S.C27H23N5O2S/c1-21-26-14-10-15-27(22-11-6-5-7-12-22)28(26)30(34-19-24-13-8-9-16-33-24)35-29(21)23-17-25(20-32-18-23)39(37,38)36-31(2,3)4;1-18-23-11-7-12-24(19-8-3-2-4-9-19)25(23)27(31-16-21-10-5-6-13-30-21)32-26(18)20-14-22(17-29-15-20)35(28,33)34/h5-18,20,36H,19H2,1-4H3,(H,34,35);2-15,17H,16H2,1H3,(H,31,32)(H2,28,33,34). The summed E-state index contributed by atoms with van der Waals surface area (Å²) < 4.78 is 52.7. The minimum absolute atomic E-state index is 0.0580. The van der Waals surface area contributed by atoms with Crippen molar-refractivity contribution in [3.05, 3.63) is 205 Å². The number of rotatable bonds is 13. The van der Waals surface area contributed by atoms with Gasteiger partial charge in [-0.2, -0.15) is 0 Å². The van der Waals surface area contributed by atoms with Gasteiger partial charge in [-0.05, 0) is 115 Å². The lowest BCUT2D eigenvalue weighted by Gasteiger charge is -2.21. The van der Waals surface area contributed by atoms with E-state index in [4.69, 9.17) is 15.1 Å². The van der Waals surface area contributed by atoms with Gasteiger partial charge in [0.15, 0.2) is 0 Å². The number of nitrogens with one attached hydrogen (secondary N) is 3. The van der Waals surface area contributed by atoms with Crippen LogP contribution < -0.4 is 20.5 Å². The van der Waals surface area contributed by atoms with Crippen molar-refractivity contribution in [2.45, 2.75) is 63.0 Å². The minimum Gasteiger partial charge on any atom is -0.364 e. The zero-order valence-corrected chi connectivity index (χ0v) is 43.1. The predicted octanol–water partition coefficient (Wildman–Crippen LogP) is 11.3. The van der Waals surface area contributed by atoms with Gasteiger partial charge in [-0.15, -0.1) is 0 Å². The molecule has 0 saturated heterocycles. The molecule has 0 atom stereocenters. The molecule has 5 N–H and O–H groups in total. The molecule has 0 amide bonds.